The zero-order chi connectivity index (χ0) is 15.1. The van der Waals surface area contributed by atoms with E-state index < -0.39 is 11.6 Å². The summed E-state index contributed by atoms with van der Waals surface area (Å²) in [6, 6.07) is 4.53. The van der Waals surface area contributed by atoms with Crippen molar-refractivity contribution >= 4 is 0 Å². The average Bonchev–Trinajstić information content (AvgIpc) is 2.42. The summed E-state index contributed by atoms with van der Waals surface area (Å²) in [6.45, 7) is 8.57. The molecule has 0 aromatic heterocycles. The SMILES string of the molecule is CCC(C)CC(CC)NC(C)Cc1c(F)cccc1F. The molecule has 0 saturated carbocycles. The van der Waals surface area contributed by atoms with E-state index in [0.717, 1.165) is 19.3 Å². The van der Waals surface area contributed by atoms with E-state index in [2.05, 4.69) is 26.1 Å². The third-order valence-corrected chi connectivity index (χ3v) is 3.97. The molecule has 0 radical (unpaired) electrons. The van der Waals surface area contributed by atoms with Crippen molar-refractivity contribution in [1.29, 1.82) is 0 Å². The summed E-state index contributed by atoms with van der Waals surface area (Å²) < 4.78 is 27.3. The van der Waals surface area contributed by atoms with Gasteiger partial charge >= 0.3 is 0 Å². The summed E-state index contributed by atoms with van der Waals surface area (Å²) in [4.78, 5) is 0. The number of hydrogen-bond acceptors (Lipinski definition) is 1. The summed E-state index contributed by atoms with van der Waals surface area (Å²) in [7, 11) is 0. The van der Waals surface area contributed by atoms with E-state index in [1.807, 2.05) is 6.92 Å². The highest BCUT2D eigenvalue weighted by molar-refractivity contribution is 5.20. The van der Waals surface area contributed by atoms with Crippen LogP contribution >= 0.6 is 0 Å². The van der Waals surface area contributed by atoms with E-state index in [1.165, 1.54) is 18.2 Å². The second kappa shape index (κ2) is 8.35. The zero-order valence-corrected chi connectivity index (χ0v) is 13.0. The van der Waals surface area contributed by atoms with Crippen molar-refractivity contribution in [2.75, 3.05) is 0 Å². The molecule has 0 amide bonds. The number of benzene rings is 1. The van der Waals surface area contributed by atoms with Gasteiger partial charge in [0, 0.05) is 17.6 Å². The van der Waals surface area contributed by atoms with Crippen molar-refractivity contribution in [2.45, 2.75) is 65.5 Å². The summed E-state index contributed by atoms with van der Waals surface area (Å²) in [5, 5.41) is 3.50. The van der Waals surface area contributed by atoms with Crippen LogP contribution in [0.25, 0.3) is 0 Å². The highest BCUT2D eigenvalue weighted by Gasteiger charge is 2.16. The summed E-state index contributed by atoms with van der Waals surface area (Å²) >= 11 is 0. The normalized spacial score (nSPS) is 15.9. The summed E-state index contributed by atoms with van der Waals surface area (Å²) in [5.74, 6) is -0.230. The third-order valence-electron chi connectivity index (χ3n) is 3.97. The van der Waals surface area contributed by atoms with E-state index in [-0.39, 0.29) is 11.6 Å². The first kappa shape index (κ1) is 17.1. The number of rotatable bonds is 8. The van der Waals surface area contributed by atoms with Crippen LogP contribution < -0.4 is 5.32 Å². The Balaban J connectivity index is 2.59. The van der Waals surface area contributed by atoms with Crippen molar-refractivity contribution in [1.82, 2.24) is 5.32 Å². The van der Waals surface area contributed by atoms with E-state index in [0.29, 0.717) is 18.4 Å². The molecule has 114 valence electrons. The van der Waals surface area contributed by atoms with E-state index >= 15 is 0 Å². The molecule has 3 atom stereocenters. The van der Waals surface area contributed by atoms with Crippen LogP contribution in [0, 0.1) is 17.6 Å². The van der Waals surface area contributed by atoms with Gasteiger partial charge in [-0.25, -0.2) is 8.78 Å². The van der Waals surface area contributed by atoms with Crippen molar-refractivity contribution in [3.63, 3.8) is 0 Å². The fraction of sp³-hybridized carbons (Fsp3) is 0.647. The predicted molar refractivity (Wildman–Crippen MR) is 80.8 cm³/mol. The molecule has 3 heteroatoms. The van der Waals surface area contributed by atoms with Crippen LogP contribution in [-0.2, 0) is 6.42 Å². The molecule has 0 spiro atoms. The van der Waals surface area contributed by atoms with Gasteiger partial charge in [-0.2, -0.15) is 0 Å². The molecule has 1 aromatic rings. The van der Waals surface area contributed by atoms with Crippen molar-refractivity contribution in [3.05, 3.63) is 35.4 Å². The van der Waals surface area contributed by atoms with Crippen LogP contribution in [0.2, 0.25) is 0 Å². The monoisotopic (exact) mass is 283 g/mol. The Kier molecular flexibility index (Phi) is 7.14. The first-order valence-electron chi connectivity index (χ1n) is 7.66. The quantitative estimate of drug-likeness (QED) is 0.729. The van der Waals surface area contributed by atoms with Gasteiger partial charge in [0.25, 0.3) is 0 Å². The van der Waals surface area contributed by atoms with Gasteiger partial charge in [0.1, 0.15) is 11.6 Å². The lowest BCUT2D eigenvalue weighted by molar-refractivity contribution is 0.351. The Bertz CT molecular complexity index is 386. The van der Waals surface area contributed by atoms with Gasteiger partial charge in [-0.05, 0) is 44.2 Å². The first-order chi connectivity index (χ1) is 9.47. The van der Waals surface area contributed by atoms with Crippen molar-refractivity contribution < 1.29 is 8.78 Å². The van der Waals surface area contributed by atoms with Crippen LogP contribution in [0.3, 0.4) is 0 Å². The fourth-order valence-electron chi connectivity index (χ4n) is 2.50. The molecule has 0 bridgehead atoms. The number of halogens is 2. The molecule has 0 saturated heterocycles. The summed E-state index contributed by atoms with van der Waals surface area (Å²) in [5.41, 5.74) is 0.186. The Morgan fingerprint density at radius 1 is 1.05 bits per heavy atom. The smallest absolute Gasteiger partial charge is 0.129 e. The van der Waals surface area contributed by atoms with Gasteiger partial charge < -0.3 is 5.32 Å². The molecule has 1 aromatic carbocycles. The molecule has 0 aliphatic rings. The molecule has 0 fully saturated rings. The highest BCUT2D eigenvalue weighted by atomic mass is 19.1. The maximum atomic E-state index is 13.6. The Labute approximate surface area is 121 Å². The van der Waals surface area contributed by atoms with Crippen LogP contribution in [0.4, 0.5) is 8.78 Å². The first-order valence-corrected chi connectivity index (χ1v) is 7.66. The maximum Gasteiger partial charge on any atom is 0.129 e. The molecule has 1 rings (SSSR count). The summed E-state index contributed by atoms with van der Waals surface area (Å²) in [6.07, 6.45) is 3.69. The van der Waals surface area contributed by atoms with Gasteiger partial charge in [-0.1, -0.05) is 33.3 Å². The molecular weight excluding hydrogens is 256 g/mol. The van der Waals surface area contributed by atoms with Gasteiger partial charge in [-0.15, -0.1) is 0 Å². The molecule has 0 aliphatic carbocycles. The van der Waals surface area contributed by atoms with Crippen LogP contribution in [-0.4, -0.2) is 12.1 Å². The Hall–Kier alpha value is -0.960. The number of nitrogens with one attached hydrogen (secondary N) is 1. The van der Waals surface area contributed by atoms with Gasteiger partial charge in [0.15, 0.2) is 0 Å². The molecule has 20 heavy (non-hydrogen) atoms. The second-order valence-electron chi connectivity index (χ2n) is 5.83. The van der Waals surface area contributed by atoms with E-state index in [4.69, 9.17) is 0 Å². The Morgan fingerprint density at radius 2 is 1.65 bits per heavy atom. The predicted octanol–water partition coefficient (Wildman–Crippen LogP) is 4.70. The molecule has 1 N–H and O–H groups in total. The molecule has 0 heterocycles. The lowest BCUT2D eigenvalue weighted by Crippen LogP contribution is -2.38. The van der Waals surface area contributed by atoms with E-state index in [9.17, 15) is 8.78 Å². The van der Waals surface area contributed by atoms with Crippen molar-refractivity contribution in [3.8, 4) is 0 Å². The second-order valence-corrected chi connectivity index (χ2v) is 5.83. The highest BCUT2D eigenvalue weighted by Crippen LogP contribution is 2.16. The minimum atomic E-state index is -0.450. The maximum absolute atomic E-state index is 13.6. The van der Waals surface area contributed by atoms with Gasteiger partial charge in [0.05, 0.1) is 0 Å². The molecular formula is C17H27F2N. The molecule has 3 unspecified atom stereocenters. The largest absolute Gasteiger partial charge is 0.311 e. The molecule has 0 aliphatic heterocycles. The van der Waals surface area contributed by atoms with Crippen molar-refractivity contribution in [2.24, 2.45) is 5.92 Å². The lowest BCUT2D eigenvalue weighted by Gasteiger charge is -2.25. The van der Waals surface area contributed by atoms with E-state index in [1.54, 1.807) is 0 Å². The topological polar surface area (TPSA) is 12.0 Å². The van der Waals surface area contributed by atoms with Gasteiger partial charge in [-0.3, -0.25) is 0 Å². The number of hydrogen-bond donors (Lipinski definition) is 1. The average molecular weight is 283 g/mol. The van der Waals surface area contributed by atoms with Gasteiger partial charge in [0.2, 0.25) is 0 Å². The fourth-order valence-corrected chi connectivity index (χ4v) is 2.50. The standard InChI is InChI=1S/C17H27F2N/c1-5-12(3)10-14(6-2)20-13(4)11-15-16(18)8-7-9-17(15)19/h7-9,12-14,20H,5-6,10-11H2,1-4H3. The molecule has 1 nitrogen and oxygen atoms in total. The van der Waals surface area contributed by atoms with Crippen LogP contribution in [0.1, 0.15) is 52.5 Å². The zero-order valence-electron chi connectivity index (χ0n) is 13.0. The van der Waals surface area contributed by atoms with Crippen LogP contribution in [0.15, 0.2) is 18.2 Å². The minimum absolute atomic E-state index is 0.0652. The Morgan fingerprint density at radius 3 is 2.15 bits per heavy atom. The lowest BCUT2D eigenvalue weighted by atomic mass is 9.96. The minimum Gasteiger partial charge on any atom is -0.311 e. The third kappa shape index (κ3) is 5.20. The van der Waals surface area contributed by atoms with Crippen LogP contribution in [0.5, 0.6) is 0 Å².